The van der Waals surface area contributed by atoms with Crippen LogP contribution in [-0.4, -0.2) is 11.7 Å². The average molecular weight is 411 g/mol. The van der Waals surface area contributed by atoms with Crippen LogP contribution in [0, 0.1) is 0 Å². The quantitative estimate of drug-likeness (QED) is 0.231. The lowest BCUT2D eigenvalue weighted by Gasteiger charge is -2.07. The molecule has 0 bridgehead atoms. The van der Waals surface area contributed by atoms with Gasteiger partial charge in [0.15, 0.2) is 0 Å². The van der Waals surface area contributed by atoms with Gasteiger partial charge < -0.3 is 9.84 Å². The monoisotopic (exact) mass is 410 g/mol. The highest BCUT2D eigenvalue weighted by Gasteiger charge is 2.02. The van der Waals surface area contributed by atoms with Gasteiger partial charge >= 0.3 is 0 Å². The maximum absolute atomic E-state index is 9.74. The Morgan fingerprint density at radius 3 is 1.68 bits per heavy atom. The average Bonchev–Trinajstić information content (AvgIpc) is 2.69. The molecular weight excluding hydrogens is 368 g/mol. The van der Waals surface area contributed by atoms with Gasteiger partial charge in [-0.25, -0.2) is 0 Å². The van der Waals surface area contributed by atoms with Crippen molar-refractivity contribution in [1.82, 2.24) is 0 Å². The minimum atomic E-state index is 0.261. The number of hydrogen-bond acceptors (Lipinski definition) is 2. The topological polar surface area (TPSA) is 29.5 Å². The second kappa shape index (κ2) is 18.3. The first-order chi connectivity index (χ1) is 13.7. The summed E-state index contributed by atoms with van der Waals surface area (Å²) in [5, 5.41) is 10.4. The zero-order valence-corrected chi connectivity index (χ0v) is 18.9. The fourth-order valence-corrected chi connectivity index (χ4v) is 3.80. The minimum Gasteiger partial charge on any atom is -0.508 e. The number of halogens is 1. The maximum atomic E-state index is 9.74. The van der Waals surface area contributed by atoms with Gasteiger partial charge in [0.2, 0.25) is 0 Å². The number of aromatic hydroxyl groups is 1. The van der Waals surface area contributed by atoms with Crippen molar-refractivity contribution in [2.75, 3.05) is 6.61 Å². The van der Waals surface area contributed by atoms with Crippen molar-refractivity contribution < 1.29 is 9.84 Å². The first kappa shape index (κ1) is 25.3. The molecule has 1 N–H and O–H groups in total. The lowest BCUT2D eigenvalue weighted by atomic mass is 10.0. The molecule has 0 saturated carbocycles. The van der Waals surface area contributed by atoms with Crippen LogP contribution >= 0.6 is 11.6 Å². The summed E-state index contributed by atoms with van der Waals surface area (Å²) in [5.74, 6) is 0.261. The Morgan fingerprint density at radius 2 is 1.18 bits per heavy atom. The number of unbranched alkanes of at least 4 members (excludes halogenated alkanes) is 15. The van der Waals surface area contributed by atoms with Gasteiger partial charge in [-0.1, -0.05) is 115 Å². The highest BCUT2D eigenvalue weighted by Crippen LogP contribution is 2.22. The van der Waals surface area contributed by atoms with Gasteiger partial charge in [0.25, 0.3) is 0 Å². The van der Waals surface area contributed by atoms with Crippen LogP contribution in [0.5, 0.6) is 5.75 Å². The van der Waals surface area contributed by atoms with Gasteiger partial charge in [-0.2, -0.15) is 0 Å². The molecule has 162 valence electrons. The van der Waals surface area contributed by atoms with Crippen molar-refractivity contribution in [2.24, 2.45) is 0 Å². The predicted octanol–water partition coefficient (Wildman–Crippen LogP) is 8.82. The van der Waals surface area contributed by atoms with Crippen LogP contribution in [0.1, 0.15) is 115 Å². The van der Waals surface area contributed by atoms with Crippen LogP contribution in [0.25, 0.3) is 0 Å². The fraction of sp³-hybridized carbons (Fsp3) is 0.760. The summed E-state index contributed by atoms with van der Waals surface area (Å²) in [6.45, 7) is 3.47. The zero-order valence-electron chi connectivity index (χ0n) is 18.2. The molecule has 3 heteroatoms. The smallest absolute Gasteiger partial charge is 0.121 e. The lowest BCUT2D eigenvalue weighted by molar-refractivity contribution is 0.115. The molecule has 1 aromatic carbocycles. The molecule has 1 aromatic rings. The standard InChI is InChI=1S/C25H43ClO2/c1-2-3-4-5-6-7-8-9-10-11-12-13-14-15-16-17-20-28-22-23-21-24(26)18-19-25(23)27/h18-19,21,27H,2-17,20,22H2,1H3. The predicted molar refractivity (Wildman–Crippen MR) is 122 cm³/mol. The minimum absolute atomic E-state index is 0.261. The number of rotatable bonds is 19. The largest absolute Gasteiger partial charge is 0.508 e. The summed E-state index contributed by atoms with van der Waals surface area (Å²) in [7, 11) is 0. The molecule has 0 aliphatic rings. The molecule has 28 heavy (non-hydrogen) atoms. The first-order valence-corrected chi connectivity index (χ1v) is 12.2. The summed E-state index contributed by atoms with van der Waals surface area (Å²) in [5.41, 5.74) is 0.768. The van der Waals surface area contributed by atoms with Crippen molar-refractivity contribution in [1.29, 1.82) is 0 Å². The normalized spacial score (nSPS) is 11.2. The van der Waals surface area contributed by atoms with Gasteiger partial charge in [-0.05, 0) is 24.6 Å². The number of hydrogen-bond donors (Lipinski definition) is 1. The van der Waals surface area contributed by atoms with Crippen LogP contribution < -0.4 is 0 Å². The Kier molecular flexibility index (Phi) is 16.5. The molecule has 2 nitrogen and oxygen atoms in total. The van der Waals surface area contributed by atoms with Crippen LogP contribution in [0.15, 0.2) is 18.2 Å². The second-order valence-corrected chi connectivity index (χ2v) is 8.57. The third kappa shape index (κ3) is 14.3. The lowest BCUT2D eigenvalue weighted by Crippen LogP contribution is -1.96. The molecule has 0 saturated heterocycles. The number of phenolic OH excluding ortho intramolecular Hbond substituents is 1. The summed E-state index contributed by atoms with van der Waals surface area (Å²) >= 11 is 5.94. The third-order valence-corrected chi connectivity index (χ3v) is 5.68. The maximum Gasteiger partial charge on any atom is 0.121 e. The van der Waals surface area contributed by atoms with E-state index in [4.69, 9.17) is 16.3 Å². The van der Waals surface area contributed by atoms with Crippen molar-refractivity contribution in [3.05, 3.63) is 28.8 Å². The van der Waals surface area contributed by atoms with Gasteiger partial charge in [0.05, 0.1) is 6.61 Å². The van der Waals surface area contributed by atoms with Crippen LogP contribution in [0.4, 0.5) is 0 Å². The van der Waals surface area contributed by atoms with E-state index in [1.165, 1.54) is 96.3 Å². The van der Waals surface area contributed by atoms with Crippen LogP contribution in [0.2, 0.25) is 5.02 Å². The zero-order chi connectivity index (χ0) is 20.3. The van der Waals surface area contributed by atoms with Gasteiger partial charge in [-0.3, -0.25) is 0 Å². The SMILES string of the molecule is CCCCCCCCCCCCCCCCCCOCc1cc(Cl)ccc1O. The molecule has 0 aliphatic heterocycles. The summed E-state index contributed by atoms with van der Waals surface area (Å²) in [6.07, 6.45) is 22.1. The number of benzene rings is 1. The molecule has 0 heterocycles. The van der Waals surface area contributed by atoms with E-state index in [1.54, 1.807) is 18.2 Å². The van der Waals surface area contributed by atoms with Crippen molar-refractivity contribution in [3.63, 3.8) is 0 Å². The van der Waals surface area contributed by atoms with Crippen molar-refractivity contribution in [2.45, 2.75) is 116 Å². The molecule has 0 amide bonds. The molecule has 0 aliphatic carbocycles. The molecular formula is C25H43ClO2. The van der Waals surface area contributed by atoms with Crippen LogP contribution in [0.3, 0.4) is 0 Å². The van der Waals surface area contributed by atoms with Crippen LogP contribution in [-0.2, 0) is 11.3 Å². The second-order valence-electron chi connectivity index (χ2n) is 8.13. The van der Waals surface area contributed by atoms with E-state index in [0.29, 0.717) is 11.6 Å². The van der Waals surface area contributed by atoms with E-state index in [1.807, 2.05) is 0 Å². The fourth-order valence-electron chi connectivity index (χ4n) is 3.60. The van der Waals surface area contributed by atoms with Gasteiger partial charge in [0.1, 0.15) is 5.75 Å². The van der Waals surface area contributed by atoms with Crippen molar-refractivity contribution in [3.8, 4) is 5.75 Å². The molecule has 0 fully saturated rings. The van der Waals surface area contributed by atoms with E-state index in [9.17, 15) is 5.11 Å². The summed E-state index contributed by atoms with van der Waals surface area (Å²) in [4.78, 5) is 0. The highest BCUT2D eigenvalue weighted by molar-refractivity contribution is 6.30. The Labute approximate surface area is 179 Å². The molecule has 0 unspecified atom stereocenters. The highest BCUT2D eigenvalue weighted by atomic mass is 35.5. The van der Waals surface area contributed by atoms with E-state index >= 15 is 0 Å². The Hall–Kier alpha value is -0.730. The molecule has 0 aromatic heterocycles. The third-order valence-electron chi connectivity index (χ3n) is 5.44. The summed E-state index contributed by atoms with van der Waals surface area (Å²) in [6, 6.07) is 5.08. The van der Waals surface area contributed by atoms with E-state index in [2.05, 4.69) is 6.92 Å². The molecule has 0 spiro atoms. The number of ether oxygens (including phenoxy) is 1. The van der Waals surface area contributed by atoms with E-state index < -0.39 is 0 Å². The molecule has 1 rings (SSSR count). The Morgan fingerprint density at radius 1 is 0.714 bits per heavy atom. The Balaban J connectivity index is 1.77. The Bertz CT molecular complexity index is 476. The number of phenols is 1. The van der Waals surface area contributed by atoms with Crippen molar-refractivity contribution >= 4 is 11.6 Å². The molecule has 0 atom stereocenters. The van der Waals surface area contributed by atoms with Gasteiger partial charge in [-0.15, -0.1) is 0 Å². The van der Waals surface area contributed by atoms with E-state index in [-0.39, 0.29) is 5.75 Å². The van der Waals surface area contributed by atoms with Gasteiger partial charge in [0, 0.05) is 17.2 Å². The first-order valence-electron chi connectivity index (χ1n) is 11.8. The van der Waals surface area contributed by atoms with E-state index in [0.717, 1.165) is 18.6 Å². The molecule has 0 radical (unpaired) electrons. The summed E-state index contributed by atoms with van der Waals surface area (Å²) < 4.78 is 5.66.